The average molecular weight is 490 g/mol. The molecule has 0 spiro atoms. The maximum atomic E-state index is 14.4. The fourth-order valence-electron chi connectivity index (χ4n) is 3.14. The molecule has 3 rings (SSSR count). The molecule has 0 aliphatic rings. The molecule has 0 aromatic heterocycles. The van der Waals surface area contributed by atoms with E-state index in [0.29, 0.717) is 11.1 Å². The highest BCUT2D eigenvalue weighted by Crippen LogP contribution is 2.31. The number of rotatable bonds is 9. The molecule has 3 aromatic carbocycles. The summed E-state index contributed by atoms with van der Waals surface area (Å²) in [6, 6.07) is 15.9. The summed E-state index contributed by atoms with van der Waals surface area (Å²) in [7, 11) is -2.51. The molecule has 9 heteroatoms. The Hall–Kier alpha value is -3.46. The molecular weight excluding hydrogens is 464 g/mol. The zero-order valence-corrected chi connectivity index (χ0v) is 19.8. The molecule has 0 atom stereocenters. The van der Waals surface area contributed by atoms with E-state index < -0.39 is 32.9 Å². The number of carbonyl (C=O) groups is 1. The minimum atomic E-state index is -3.89. The maximum Gasteiger partial charge on any atom is 0.311 e. The van der Waals surface area contributed by atoms with Gasteiger partial charge in [-0.1, -0.05) is 30.3 Å². The van der Waals surface area contributed by atoms with Crippen molar-refractivity contribution in [1.29, 1.82) is 0 Å². The molecule has 6 nitrogen and oxygen atoms in total. The number of halogens is 2. The van der Waals surface area contributed by atoms with Gasteiger partial charge in [0.2, 0.25) is 0 Å². The third kappa shape index (κ3) is 6.11. The summed E-state index contributed by atoms with van der Waals surface area (Å²) >= 11 is 0. The van der Waals surface area contributed by atoms with Gasteiger partial charge in [-0.25, -0.2) is 8.78 Å². The predicted octanol–water partition coefficient (Wildman–Crippen LogP) is 4.93. The Morgan fingerprint density at radius 3 is 2.15 bits per heavy atom. The topological polar surface area (TPSA) is 72.9 Å². The normalized spacial score (nSPS) is 11.4. The summed E-state index contributed by atoms with van der Waals surface area (Å²) in [4.78, 5) is 14.6. The monoisotopic (exact) mass is 489 g/mol. The highest BCUT2D eigenvalue weighted by Gasteiger charge is 2.23. The third-order valence-corrected chi connectivity index (χ3v) is 6.63. The number of amides is 1. The van der Waals surface area contributed by atoms with Gasteiger partial charge in [0.05, 0.1) is 17.9 Å². The molecule has 3 aromatic rings. The lowest BCUT2D eigenvalue weighted by atomic mass is 10.1. The second-order valence-corrected chi connectivity index (χ2v) is 9.97. The number of methoxy groups -OCH3 is 1. The smallest absolute Gasteiger partial charge is 0.311 e. The molecule has 0 unspecified atom stereocenters. The summed E-state index contributed by atoms with van der Waals surface area (Å²) in [6.07, 6.45) is 0. The van der Waals surface area contributed by atoms with Crippen LogP contribution < -0.4 is 8.92 Å². The molecule has 180 valence electrons. The zero-order valence-electron chi connectivity index (χ0n) is 19.0. The first-order chi connectivity index (χ1) is 16.1. The van der Waals surface area contributed by atoms with Crippen molar-refractivity contribution in [2.24, 2.45) is 0 Å². The van der Waals surface area contributed by atoms with Crippen LogP contribution in [0.4, 0.5) is 8.78 Å². The zero-order chi connectivity index (χ0) is 24.9. The van der Waals surface area contributed by atoms with Crippen molar-refractivity contribution in [3.8, 4) is 11.5 Å². The number of hydrogen-bond donors (Lipinski definition) is 0. The molecule has 0 heterocycles. The first kappa shape index (κ1) is 25.2. The molecule has 0 aliphatic carbocycles. The molecule has 34 heavy (non-hydrogen) atoms. The minimum absolute atomic E-state index is 0.00657. The van der Waals surface area contributed by atoms with Crippen molar-refractivity contribution < 1.29 is 30.9 Å². The molecule has 0 saturated heterocycles. The van der Waals surface area contributed by atoms with Gasteiger partial charge in [-0.2, -0.15) is 8.42 Å². The van der Waals surface area contributed by atoms with Crippen molar-refractivity contribution in [1.82, 2.24) is 4.90 Å². The molecule has 0 saturated carbocycles. The van der Waals surface area contributed by atoms with Crippen molar-refractivity contribution in [3.05, 3.63) is 95.1 Å². The second kappa shape index (κ2) is 10.6. The van der Waals surface area contributed by atoms with E-state index in [2.05, 4.69) is 0 Å². The van der Waals surface area contributed by atoms with Crippen LogP contribution in [-0.4, -0.2) is 31.6 Å². The van der Waals surface area contributed by atoms with E-state index in [1.807, 2.05) is 0 Å². The van der Waals surface area contributed by atoms with E-state index in [1.165, 1.54) is 80.5 Å². The Morgan fingerprint density at radius 1 is 0.912 bits per heavy atom. The summed E-state index contributed by atoms with van der Waals surface area (Å²) in [6.45, 7) is 3.05. The van der Waals surface area contributed by atoms with Crippen LogP contribution in [0.5, 0.6) is 11.5 Å². The Balaban J connectivity index is 1.96. The van der Waals surface area contributed by atoms with Crippen LogP contribution >= 0.6 is 0 Å². The van der Waals surface area contributed by atoms with Crippen molar-refractivity contribution in [3.63, 3.8) is 0 Å². The Kier molecular flexibility index (Phi) is 7.88. The standard InChI is InChI=1S/C25H25F2NO5S/c1-17(2)34(30,31)33-24-14-19(10-13-23(24)32-3)16-28(15-18-8-11-20(26)12-9-18)25(29)21-6-4-5-7-22(21)27/h4-14,17H,15-16H2,1-3H3. The fourth-order valence-corrected chi connectivity index (χ4v) is 3.71. The Morgan fingerprint density at radius 2 is 1.53 bits per heavy atom. The van der Waals surface area contributed by atoms with Crippen LogP contribution in [0.3, 0.4) is 0 Å². The molecule has 0 bridgehead atoms. The van der Waals surface area contributed by atoms with Gasteiger partial charge < -0.3 is 13.8 Å². The van der Waals surface area contributed by atoms with Crippen molar-refractivity contribution in [2.45, 2.75) is 32.2 Å². The Bertz CT molecular complexity index is 1260. The lowest BCUT2D eigenvalue weighted by molar-refractivity contribution is 0.0725. The van der Waals surface area contributed by atoms with Gasteiger partial charge in [0.1, 0.15) is 11.6 Å². The van der Waals surface area contributed by atoms with Gasteiger partial charge in [0.15, 0.2) is 11.5 Å². The minimum Gasteiger partial charge on any atom is -0.493 e. The van der Waals surface area contributed by atoms with Crippen molar-refractivity contribution >= 4 is 16.0 Å². The first-order valence-electron chi connectivity index (χ1n) is 10.5. The first-order valence-corrected chi connectivity index (χ1v) is 12.0. The second-order valence-electron chi connectivity index (χ2n) is 7.88. The highest BCUT2D eigenvalue weighted by molar-refractivity contribution is 7.87. The number of benzene rings is 3. The van der Waals surface area contributed by atoms with E-state index in [0.717, 1.165) is 0 Å². The largest absolute Gasteiger partial charge is 0.493 e. The van der Waals surface area contributed by atoms with E-state index in [-0.39, 0.29) is 30.2 Å². The van der Waals surface area contributed by atoms with Gasteiger partial charge in [-0.05, 0) is 61.4 Å². The summed E-state index contributed by atoms with van der Waals surface area (Å²) in [5, 5.41) is -0.779. The van der Waals surface area contributed by atoms with Crippen LogP contribution in [0.15, 0.2) is 66.7 Å². The lowest BCUT2D eigenvalue weighted by Crippen LogP contribution is -2.31. The quantitative estimate of drug-likeness (QED) is 0.399. The average Bonchev–Trinajstić information content (AvgIpc) is 2.80. The molecule has 0 N–H and O–H groups in total. The molecule has 0 aliphatic heterocycles. The maximum absolute atomic E-state index is 14.4. The van der Waals surface area contributed by atoms with Crippen LogP contribution in [0, 0.1) is 11.6 Å². The van der Waals surface area contributed by atoms with Crippen LogP contribution in [0.1, 0.15) is 35.3 Å². The number of nitrogens with zero attached hydrogens (tertiary/aromatic N) is 1. The number of carbonyl (C=O) groups excluding carboxylic acids is 1. The molecule has 1 amide bonds. The van der Waals surface area contributed by atoms with Gasteiger partial charge in [-0.15, -0.1) is 0 Å². The third-order valence-electron chi connectivity index (χ3n) is 5.06. The number of ether oxygens (including phenoxy) is 1. The SMILES string of the molecule is COc1ccc(CN(Cc2ccc(F)cc2)C(=O)c2ccccc2F)cc1OS(=O)(=O)C(C)C. The molecule has 0 radical (unpaired) electrons. The fraction of sp³-hybridized carbons (Fsp3) is 0.240. The van der Waals surface area contributed by atoms with Gasteiger partial charge in [-0.3, -0.25) is 4.79 Å². The summed E-state index contributed by atoms with van der Waals surface area (Å²) in [5.74, 6) is -1.47. The van der Waals surface area contributed by atoms with Gasteiger partial charge in [0.25, 0.3) is 5.91 Å². The van der Waals surface area contributed by atoms with Crippen LogP contribution in [0.2, 0.25) is 0 Å². The van der Waals surface area contributed by atoms with E-state index in [4.69, 9.17) is 8.92 Å². The summed E-state index contributed by atoms with van der Waals surface area (Å²) < 4.78 is 62.7. The molecular formula is C25H25F2NO5S. The van der Waals surface area contributed by atoms with Gasteiger partial charge in [0, 0.05) is 13.1 Å². The predicted molar refractivity (Wildman–Crippen MR) is 124 cm³/mol. The lowest BCUT2D eigenvalue weighted by Gasteiger charge is -2.24. The van der Waals surface area contributed by atoms with E-state index >= 15 is 0 Å². The van der Waals surface area contributed by atoms with E-state index in [9.17, 15) is 22.0 Å². The van der Waals surface area contributed by atoms with Crippen LogP contribution in [0.25, 0.3) is 0 Å². The number of hydrogen-bond acceptors (Lipinski definition) is 5. The Labute approximate surface area is 197 Å². The van der Waals surface area contributed by atoms with E-state index in [1.54, 1.807) is 12.1 Å². The summed E-state index contributed by atoms with van der Waals surface area (Å²) in [5.41, 5.74) is 1.05. The molecule has 0 fully saturated rings. The highest BCUT2D eigenvalue weighted by atomic mass is 32.2. The van der Waals surface area contributed by atoms with Gasteiger partial charge >= 0.3 is 10.1 Å². The van der Waals surface area contributed by atoms with Crippen molar-refractivity contribution in [2.75, 3.05) is 7.11 Å². The van der Waals surface area contributed by atoms with Crippen LogP contribution in [-0.2, 0) is 23.2 Å².